The van der Waals surface area contributed by atoms with Crippen molar-refractivity contribution in [1.29, 1.82) is 0 Å². The molecule has 1 atom stereocenters. The summed E-state index contributed by atoms with van der Waals surface area (Å²) < 4.78 is 34.5. The summed E-state index contributed by atoms with van der Waals surface area (Å²) in [7, 11) is -4.16. The van der Waals surface area contributed by atoms with Gasteiger partial charge in [0.15, 0.2) is 0 Å². The van der Waals surface area contributed by atoms with Gasteiger partial charge in [-0.15, -0.1) is 0 Å². The van der Waals surface area contributed by atoms with Crippen LogP contribution in [-0.2, 0) is 10.1 Å². The smallest absolute Gasteiger partial charge is 0.748 e. The molecule has 0 saturated carbocycles. The number of hydrogen-bond acceptors (Lipinski definition) is 4. The van der Waals surface area contributed by atoms with Gasteiger partial charge >= 0.3 is 29.6 Å². The summed E-state index contributed by atoms with van der Waals surface area (Å²) in [6.45, 7) is 2.52. The standard InChI is InChI=1S/C23H48O4S.Na/c1-2-3-4-5-6-7-8-11-14-17-20-23(28(25,26)27)21-18-15-12-9-10-13-16-19-22-24;/h23-24H,2-22H2,1H3,(H,25,26,27);/q;+1/p-1. The van der Waals surface area contributed by atoms with Crippen molar-refractivity contribution in [3.05, 3.63) is 0 Å². The van der Waals surface area contributed by atoms with Crippen molar-refractivity contribution in [1.82, 2.24) is 0 Å². The van der Waals surface area contributed by atoms with Gasteiger partial charge in [-0.25, -0.2) is 8.42 Å². The van der Waals surface area contributed by atoms with Crippen LogP contribution in [0.3, 0.4) is 0 Å². The molecule has 29 heavy (non-hydrogen) atoms. The van der Waals surface area contributed by atoms with E-state index in [1.54, 1.807) is 0 Å². The van der Waals surface area contributed by atoms with E-state index in [4.69, 9.17) is 5.11 Å². The number of hydrogen-bond donors (Lipinski definition) is 1. The Morgan fingerprint density at radius 2 is 0.931 bits per heavy atom. The van der Waals surface area contributed by atoms with Crippen LogP contribution in [0.2, 0.25) is 0 Å². The molecule has 0 aromatic heterocycles. The zero-order valence-corrected chi connectivity index (χ0v) is 22.3. The van der Waals surface area contributed by atoms with E-state index in [0.29, 0.717) is 12.8 Å². The number of aliphatic hydroxyl groups is 1. The van der Waals surface area contributed by atoms with Crippen molar-refractivity contribution in [2.75, 3.05) is 6.61 Å². The molecular weight excluding hydrogens is 395 g/mol. The van der Waals surface area contributed by atoms with Gasteiger partial charge in [0, 0.05) is 11.9 Å². The minimum atomic E-state index is -4.16. The van der Waals surface area contributed by atoms with Crippen LogP contribution in [0.15, 0.2) is 0 Å². The van der Waals surface area contributed by atoms with Crippen molar-refractivity contribution < 1.29 is 47.6 Å². The normalized spacial score (nSPS) is 12.7. The Balaban J connectivity index is 0. The van der Waals surface area contributed by atoms with E-state index >= 15 is 0 Å². The van der Waals surface area contributed by atoms with Gasteiger partial charge in [-0.3, -0.25) is 0 Å². The molecule has 0 radical (unpaired) electrons. The summed E-state index contributed by atoms with van der Waals surface area (Å²) in [5.74, 6) is 0. The summed E-state index contributed by atoms with van der Waals surface area (Å²) in [6.07, 6.45) is 21.8. The van der Waals surface area contributed by atoms with Crippen molar-refractivity contribution in [3.8, 4) is 0 Å². The van der Waals surface area contributed by atoms with Gasteiger partial charge in [0.1, 0.15) is 0 Å². The largest absolute Gasteiger partial charge is 1.00 e. The average molecular weight is 443 g/mol. The quantitative estimate of drug-likeness (QED) is 0.157. The van der Waals surface area contributed by atoms with Gasteiger partial charge in [-0.1, -0.05) is 116 Å². The van der Waals surface area contributed by atoms with Gasteiger partial charge in [0.2, 0.25) is 0 Å². The van der Waals surface area contributed by atoms with E-state index in [1.165, 1.54) is 57.8 Å². The van der Waals surface area contributed by atoms with Crippen LogP contribution in [0.1, 0.15) is 135 Å². The van der Waals surface area contributed by atoms with Crippen molar-refractivity contribution in [2.45, 2.75) is 141 Å². The van der Waals surface area contributed by atoms with Gasteiger partial charge in [0.25, 0.3) is 0 Å². The minimum absolute atomic E-state index is 0. The molecule has 0 rings (SSSR count). The molecule has 0 aliphatic carbocycles. The van der Waals surface area contributed by atoms with Crippen LogP contribution in [0, 0.1) is 0 Å². The molecule has 0 spiro atoms. The number of aliphatic hydroxyl groups excluding tert-OH is 1. The Bertz CT molecular complexity index is 415. The maximum Gasteiger partial charge on any atom is 1.00 e. The first-order chi connectivity index (χ1) is 13.5. The SMILES string of the molecule is CCCCCCCCCCCCC(CCCCCCCCCCO)S(=O)(=O)[O-].[Na+]. The van der Waals surface area contributed by atoms with E-state index in [-0.39, 0.29) is 36.2 Å². The third-order valence-corrected chi connectivity index (χ3v) is 7.01. The second kappa shape index (κ2) is 23.5. The molecular formula is C23H47NaO4S. The summed E-state index contributed by atoms with van der Waals surface area (Å²) in [5.41, 5.74) is 0. The predicted octanol–water partition coefficient (Wildman–Crippen LogP) is 3.72. The molecule has 6 heteroatoms. The Labute approximate surface area is 204 Å². The van der Waals surface area contributed by atoms with Gasteiger partial charge in [-0.2, -0.15) is 0 Å². The molecule has 0 aliphatic rings. The molecule has 0 saturated heterocycles. The van der Waals surface area contributed by atoms with Crippen LogP contribution in [-0.4, -0.2) is 29.9 Å². The fraction of sp³-hybridized carbons (Fsp3) is 1.00. The fourth-order valence-corrected chi connectivity index (χ4v) is 4.75. The van der Waals surface area contributed by atoms with Crippen LogP contribution < -0.4 is 29.6 Å². The first-order valence-electron chi connectivity index (χ1n) is 12.1. The summed E-state index contributed by atoms with van der Waals surface area (Å²) >= 11 is 0. The van der Waals surface area contributed by atoms with E-state index < -0.39 is 15.4 Å². The molecule has 1 N–H and O–H groups in total. The Morgan fingerprint density at radius 3 is 1.24 bits per heavy atom. The number of rotatable bonds is 22. The second-order valence-electron chi connectivity index (χ2n) is 8.43. The maximum absolute atomic E-state index is 11.5. The van der Waals surface area contributed by atoms with E-state index in [1.807, 2.05) is 0 Å². The summed E-state index contributed by atoms with van der Waals surface area (Å²) in [4.78, 5) is 0. The zero-order chi connectivity index (χ0) is 20.9. The first kappa shape index (κ1) is 32.1. The topological polar surface area (TPSA) is 77.4 Å². The van der Waals surface area contributed by atoms with Gasteiger partial charge < -0.3 is 9.66 Å². The van der Waals surface area contributed by atoms with Crippen molar-refractivity contribution in [3.63, 3.8) is 0 Å². The van der Waals surface area contributed by atoms with Crippen LogP contribution in [0.5, 0.6) is 0 Å². The summed E-state index contributed by atoms with van der Waals surface area (Å²) in [6, 6.07) is 0. The Morgan fingerprint density at radius 1 is 0.621 bits per heavy atom. The van der Waals surface area contributed by atoms with Gasteiger partial charge in [-0.05, 0) is 19.3 Å². The molecule has 0 heterocycles. The molecule has 0 aromatic carbocycles. The van der Waals surface area contributed by atoms with Gasteiger partial charge in [0.05, 0.1) is 10.1 Å². The maximum atomic E-state index is 11.5. The first-order valence-corrected chi connectivity index (χ1v) is 13.5. The second-order valence-corrected chi connectivity index (χ2v) is 10.1. The fourth-order valence-electron chi connectivity index (χ4n) is 3.84. The molecule has 0 aliphatic heterocycles. The molecule has 0 fully saturated rings. The molecule has 1 unspecified atom stereocenters. The zero-order valence-electron chi connectivity index (χ0n) is 19.5. The van der Waals surface area contributed by atoms with Crippen molar-refractivity contribution >= 4 is 10.1 Å². The summed E-state index contributed by atoms with van der Waals surface area (Å²) in [5, 5.41) is 8.06. The van der Waals surface area contributed by atoms with Crippen molar-refractivity contribution in [2.24, 2.45) is 0 Å². The van der Waals surface area contributed by atoms with Crippen LogP contribution >= 0.6 is 0 Å². The van der Waals surface area contributed by atoms with Crippen LogP contribution in [0.25, 0.3) is 0 Å². The minimum Gasteiger partial charge on any atom is -0.748 e. The third-order valence-electron chi connectivity index (χ3n) is 5.72. The molecule has 0 bridgehead atoms. The third kappa shape index (κ3) is 23.4. The Hall–Kier alpha value is 0.870. The average Bonchev–Trinajstić information content (AvgIpc) is 2.65. The monoisotopic (exact) mass is 442 g/mol. The molecule has 0 aromatic rings. The molecule has 170 valence electrons. The molecule has 4 nitrogen and oxygen atoms in total. The Kier molecular flexibility index (Phi) is 26.0. The van der Waals surface area contributed by atoms with E-state index in [0.717, 1.165) is 57.8 Å². The van der Waals surface area contributed by atoms with Crippen LogP contribution in [0.4, 0.5) is 0 Å². The predicted molar refractivity (Wildman–Crippen MR) is 119 cm³/mol. The van der Waals surface area contributed by atoms with E-state index in [2.05, 4.69) is 6.92 Å². The molecule has 0 amide bonds. The number of unbranched alkanes of at least 4 members (excludes halogenated alkanes) is 16. The van der Waals surface area contributed by atoms with E-state index in [9.17, 15) is 13.0 Å².